The number of hydrogen-bond donors (Lipinski definition) is 1. The van der Waals surface area contributed by atoms with E-state index in [2.05, 4.69) is 29.8 Å². The van der Waals surface area contributed by atoms with E-state index in [4.69, 9.17) is 14.5 Å². The average Bonchev–Trinajstić information content (AvgIpc) is 3.10. The first-order valence-electron chi connectivity index (χ1n) is 9.92. The number of aryl methyl sites for hydroxylation is 1. The van der Waals surface area contributed by atoms with Gasteiger partial charge in [-0.15, -0.1) is 0 Å². The van der Waals surface area contributed by atoms with Gasteiger partial charge in [-0.3, -0.25) is 4.79 Å². The molecule has 0 saturated heterocycles. The van der Waals surface area contributed by atoms with Gasteiger partial charge in [-0.25, -0.2) is 4.98 Å². The molecule has 2 aromatic carbocycles. The van der Waals surface area contributed by atoms with Crippen LogP contribution in [0.5, 0.6) is 11.5 Å². The molecule has 1 atom stereocenters. The molecular formula is C23H29N3O3. The molecule has 1 aromatic heterocycles. The Hall–Kier alpha value is -3.02. The van der Waals surface area contributed by atoms with Gasteiger partial charge in [0.25, 0.3) is 5.91 Å². The number of fused-ring (bicyclic) bond motifs is 1. The summed E-state index contributed by atoms with van der Waals surface area (Å²) in [5, 5.41) is 3.07. The summed E-state index contributed by atoms with van der Waals surface area (Å²) in [6, 6.07) is 13.0. The number of para-hydroxylation sites is 2. The monoisotopic (exact) mass is 395 g/mol. The van der Waals surface area contributed by atoms with E-state index < -0.39 is 0 Å². The van der Waals surface area contributed by atoms with Crippen molar-refractivity contribution in [2.24, 2.45) is 5.92 Å². The Kier molecular flexibility index (Phi) is 6.42. The number of hydrogen-bond acceptors (Lipinski definition) is 4. The molecule has 0 radical (unpaired) electrons. The third kappa shape index (κ3) is 4.53. The minimum absolute atomic E-state index is 0.180. The van der Waals surface area contributed by atoms with Gasteiger partial charge in [-0.05, 0) is 49.6 Å². The minimum atomic E-state index is -0.241. The molecule has 0 bridgehead atoms. The van der Waals surface area contributed by atoms with Crippen molar-refractivity contribution < 1.29 is 14.3 Å². The summed E-state index contributed by atoms with van der Waals surface area (Å²) in [5.74, 6) is 2.38. The van der Waals surface area contributed by atoms with Gasteiger partial charge in [-0.2, -0.15) is 0 Å². The normalized spacial score (nSPS) is 12.2. The van der Waals surface area contributed by atoms with E-state index in [9.17, 15) is 4.79 Å². The van der Waals surface area contributed by atoms with Crippen LogP contribution in [0.15, 0.2) is 42.5 Å². The minimum Gasteiger partial charge on any atom is -0.493 e. The molecule has 0 saturated carbocycles. The first-order chi connectivity index (χ1) is 13.9. The van der Waals surface area contributed by atoms with Crippen LogP contribution < -0.4 is 14.8 Å². The van der Waals surface area contributed by atoms with Gasteiger partial charge >= 0.3 is 0 Å². The van der Waals surface area contributed by atoms with Crippen molar-refractivity contribution in [2.75, 3.05) is 14.2 Å². The van der Waals surface area contributed by atoms with Gasteiger partial charge in [0.05, 0.1) is 31.3 Å². The molecule has 0 aliphatic carbocycles. The smallest absolute Gasteiger partial charge is 0.251 e. The number of nitrogens with one attached hydrogen (secondary N) is 1. The third-order valence-electron chi connectivity index (χ3n) is 4.99. The van der Waals surface area contributed by atoms with Gasteiger partial charge in [0.1, 0.15) is 5.82 Å². The highest BCUT2D eigenvalue weighted by Crippen LogP contribution is 2.28. The highest BCUT2D eigenvalue weighted by Gasteiger charge is 2.20. The van der Waals surface area contributed by atoms with Gasteiger partial charge in [-0.1, -0.05) is 26.0 Å². The van der Waals surface area contributed by atoms with Crippen LogP contribution in [0.2, 0.25) is 0 Å². The predicted molar refractivity (Wildman–Crippen MR) is 115 cm³/mol. The van der Waals surface area contributed by atoms with Crippen molar-refractivity contribution in [1.82, 2.24) is 14.9 Å². The van der Waals surface area contributed by atoms with Crippen LogP contribution in [-0.2, 0) is 6.54 Å². The molecule has 1 unspecified atom stereocenters. The number of methoxy groups -OCH3 is 2. The zero-order valence-electron chi connectivity index (χ0n) is 17.7. The molecule has 0 aliphatic heterocycles. The summed E-state index contributed by atoms with van der Waals surface area (Å²) in [6.07, 6.45) is 1.05. The van der Waals surface area contributed by atoms with Crippen molar-refractivity contribution in [3.05, 3.63) is 53.9 Å². The Balaban J connectivity index is 1.86. The molecule has 154 valence electrons. The summed E-state index contributed by atoms with van der Waals surface area (Å²) in [5.41, 5.74) is 2.55. The summed E-state index contributed by atoms with van der Waals surface area (Å²) in [7, 11) is 3.13. The standard InChI is InChI=1S/C23H29N3O3/c1-15(2)12-13-26-19-9-7-6-8-18(19)25-22(26)16(3)24-23(27)17-10-11-20(28-4)21(14-17)29-5/h6-11,14-16H,12-13H2,1-5H3,(H,24,27). The summed E-state index contributed by atoms with van der Waals surface area (Å²) >= 11 is 0. The lowest BCUT2D eigenvalue weighted by atomic mass is 10.1. The van der Waals surface area contributed by atoms with Gasteiger partial charge in [0, 0.05) is 12.1 Å². The fraction of sp³-hybridized carbons (Fsp3) is 0.391. The first kappa shape index (κ1) is 20.7. The van der Waals surface area contributed by atoms with Crippen LogP contribution >= 0.6 is 0 Å². The Bertz CT molecular complexity index is 994. The molecule has 0 spiro atoms. The number of imidazole rings is 1. The van der Waals surface area contributed by atoms with E-state index in [-0.39, 0.29) is 11.9 Å². The number of amides is 1. The topological polar surface area (TPSA) is 65.4 Å². The molecule has 0 aliphatic rings. The zero-order valence-corrected chi connectivity index (χ0v) is 17.7. The van der Waals surface area contributed by atoms with Crippen LogP contribution in [0, 0.1) is 5.92 Å². The second kappa shape index (κ2) is 8.99. The van der Waals surface area contributed by atoms with Crippen molar-refractivity contribution in [1.29, 1.82) is 0 Å². The second-order valence-electron chi connectivity index (χ2n) is 7.56. The number of carbonyl (C=O) groups excluding carboxylic acids is 1. The Labute approximate surface area is 171 Å². The van der Waals surface area contributed by atoms with Gasteiger partial charge in [0.15, 0.2) is 11.5 Å². The molecule has 29 heavy (non-hydrogen) atoms. The number of carbonyl (C=O) groups is 1. The lowest BCUT2D eigenvalue weighted by Gasteiger charge is -2.17. The Morgan fingerprint density at radius 3 is 2.48 bits per heavy atom. The molecule has 0 fully saturated rings. The SMILES string of the molecule is COc1ccc(C(=O)NC(C)c2nc3ccccc3n2CCC(C)C)cc1OC. The van der Waals surface area contributed by atoms with Crippen LogP contribution in [-0.4, -0.2) is 29.7 Å². The fourth-order valence-corrected chi connectivity index (χ4v) is 3.37. The van der Waals surface area contributed by atoms with Gasteiger partial charge < -0.3 is 19.4 Å². The molecule has 1 amide bonds. The molecule has 3 aromatic rings. The summed E-state index contributed by atoms with van der Waals surface area (Å²) < 4.78 is 12.8. The van der Waals surface area contributed by atoms with Crippen LogP contribution in [0.1, 0.15) is 49.4 Å². The van der Waals surface area contributed by atoms with Crippen molar-refractivity contribution in [3.63, 3.8) is 0 Å². The molecular weight excluding hydrogens is 366 g/mol. The summed E-state index contributed by atoms with van der Waals surface area (Å²) in [6.45, 7) is 7.25. The van der Waals surface area contributed by atoms with Crippen molar-refractivity contribution in [3.8, 4) is 11.5 Å². The van der Waals surface area contributed by atoms with Crippen molar-refractivity contribution >= 4 is 16.9 Å². The average molecular weight is 396 g/mol. The van der Waals surface area contributed by atoms with E-state index in [0.29, 0.717) is 23.0 Å². The van der Waals surface area contributed by atoms with Crippen LogP contribution in [0.4, 0.5) is 0 Å². The van der Waals surface area contributed by atoms with Gasteiger partial charge in [0.2, 0.25) is 0 Å². The zero-order chi connectivity index (χ0) is 21.0. The number of benzene rings is 2. The fourth-order valence-electron chi connectivity index (χ4n) is 3.37. The number of nitrogens with zero attached hydrogens (tertiary/aromatic N) is 2. The Morgan fingerprint density at radius 2 is 1.79 bits per heavy atom. The predicted octanol–water partition coefficient (Wildman–Crippen LogP) is 4.59. The number of ether oxygens (including phenoxy) is 2. The number of rotatable bonds is 8. The lowest BCUT2D eigenvalue weighted by Crippen LogP contribution is -2.29. The highest BCUT2D eigenvalue weighted by molar-refractivity contribution is 5.95. The third-order valence-corrected chi connectivity index (χ3v) is 4.99. The first-order valence-corrected chi connectivity index (χ1v) is 9.92. The lowest BCUT2D eigenvalue weighted by molar-refractivity contribution is 0.0937. The second-order valence-corrected chi connectivity index (χ2v) is 7.56. The Morgan fingerprint density at radius 1 is 1.07 bits per heavy atom. The molecule has 6 heteroatoms. The molecule has 1 heterocycles. The molecule has 6 nitrogen and oxygen atoms in total. The maximum absolute atomic E-state index is 12.8. The van der Waals surface area contributed by atoms with E-state index >= 15 is 0 Å². The summed E-state index contributed by atoms with van der Waals surface area (Å²) in [4.78, 5) is 17.6. The van der Waals surface area contributed by atoms with E-state index in [0.717, 1.165) is 29.8 Å². The van der Waals surface area contributed by atoms with E-state index in [1.807, 2.05) is 25.1 Å². The van der Waals surface area contributed by atoms with E-state index in [1.54, 1.807) is 32.4 Å². The highest BCUT2D eigenvalue weighted by atomic mass is 16.5. The quantitative estimate of drug-likeness (QED) is 0.606. The largest absolute Gasteiger partial charge is 0.493 e. The molecule has 1 N–H and O–H groups in total. The number of aromatic nitrogens is 2. The van der Waals surface area contributed by atoms with E-state index in [1.165, 1.54) is 0 Å². The van der Waals surface area contributed by atoms with Crippen LogP contribution in [0.3, 0.4) is 0 Å². The molecule has 3 rings (SSSR count). The maximum atomic E-state index is 12.8. The van der Waals surface area contributed by atoms with Crippen molar-refractivity contribution in [2.45, 2.75) is 39.8 Å². The van der Waals surface area contributed by atoms with Crippen LogP contribution in [0.25, 0.3) is 11.0 Å². The maximum Gasteiger partial charge on any atom is 0.251 e.